The van der Waals surface area contributed by atoms with Crippen LogP contribution < -0.4 is 4.74 Å². The molecule has 0 amide bonds. The number of benzene rings is 4. The first-order chi connectivity index (χ1) is 22.3. The van der Waals surface area contributed by atoms with Crippen molar-refractivity contribution in [3.05, 3.63) is 120 Å². The summed E-state index contributed by atoms with van der Waals surface area (Å²) in [5.41, 5.74) is 8.83. The van der Waals surface area contributed by atoms with Gasteiger partial charge in [0.2, 0.25) is 0 Å². The molecule has 5 heterocycles. The van der Waals surface area contributed by atoms with Crippen molar-refractivity contribution in [2.45, 2.75) is 47.0 Å². The van der Waals surface area contributed by atoms with Gasteiger partial charge in [-0.15, -0.1) is 29.7 Å². The Morgan fingerprint density at radius 3 is 2.21 bits per heavy atom. The van der Waals surface area contributed by atoms with Gasteiger partial charge < -0.3 is 13.7 Å². The number of imidazole rings is 1. The Hall–Kier alpha value is -4.47. The smallest absolute Gasteiger partial charge is 0.503 e. The first kappa shape index (κ1) is 29.9. The summed E-state index contributed by atoms with van der Waals surface area (Å²) in [6.07, 6.45) is 1.91. The van der Waals surface area contributed by atoms with Crippen molar-refractivity contribution in [3.8, 4) is 17.3 Å². The Morgan fingerprint density at radius 2 is 1.43 bits per heavy atom. The zero-order valence-electron chi connectivity index (χ0n) is 27.3. The van der Waals surface area contributed by atoms with Gasteiger partial charge in [-0.3, -0.25) is 4.98 Å². The third kappa shape index (κ3) is 3.87. The summed E-state index contributed by atoms with van der Waals surface area (Å²) in [6, 6.07) is 35.1. The third-order valence-electron chi connectivity index (χ3n) is 10.5. The number of aromatic nitrogens is 4. The van der Waals surface area contributed by atoms with E-state index in [2.05, 4.69) is 129 Å². The molecule has 0 spiro atoms. The van der Waals surface area contributed by atoms with E-state index < -0.39 is 0 Å². The van der Waals surface area contributed by atoms with Crippen LogP contribution in [0.1, 0.15) is 50.2 Å². The molecule has 0 radical (unpaired) electrons. The Labute approximate surface area is 288 Å². The monoisotopic (exact) mass is 793 g/mol. The molecule has 4 aromatic carbocycles. The molecule has 0 aliphatic carbocycles. The van der Waals surface area contributed by atoms with Crippen LogP contribution in [0, 0.1) is 37.8 Å². The maximum atomic E-state index is 6.56. The van der Waals surface area contributed by atoms with Crippen molar-refractivity contribution in [2.24, 2.45) is 11.8 Å². The number of rotatable bonds is 4. The molecule has 0 atom stereocenters. The average Bonchev–Trinajstić information content (AvgIpc) is 3.55. The summed E-state index contributed by atoms with van der Waals surface area (Å²) in [7, 11) is 0. The van der Waals surface area contributed by atoms with Gasteiger partial charge in [-0.25, -0.2) is 4.98 Å². The first-order valence-electron chi connectivity index (χ1n) is 16.2. The molecular weight excluding hydrogens is 760 g/mol. The fraction of sp³-hybridized carbons (Fsp3) is 0.220. The van der Waals surface area contributed by atoms with Gasteiger partial charge >= 0.3 is 21.1 Å². The summed E-state index contributed by atoms with van der Waals surface area (Å²) < 4.78 is 11.1. The van der Waals surface area contributed by atoms with Gasteiger partial charge in [0.1, 0.15) is 5.82 Å². The molecule has 8 aromatic rings. The summed E-state index contributed by atoms with van der Waals surface area (Å²) in [5.74, 6) is 3.01. The fourth-order valence-electron chi connectivity index (χ4n) is 8.55. The average molecular weight is 794 g/mol. The van der Waals surface area contributed by atoms with E-state index in [9.17, 15) is 0 Å². The predicted molar refractivity (Wildman–Crippen MR) is 186 cm³/mol. The predicted octanol–water partition coefficient (Wildman–Crippen LogP) is 10.1. The second-order valence-electron chi connectivity index (χ2n) is 13.3. The van der Waals surface area contributed by atoms with Crippen molar-refractivity contribution in [1.82, 2.24) is 18.9 Å². The normalized spacial score (nSPS) is 13.7. The van der Waals surface area contributed by atoms with Crippen LogP contribution in [0.25, 0.3) is 54.9 Å². The molecule has 0 saturated heterocycles. The fourth-order valence-corrected chi connectivity index (χ4v) is 8.55. The zero-order valence-corrected chi connectivity index (χ0v) is 29.5. The molecule has 0 N–H and O–H groups in total. The molecule has 5 nitrogen and oxygen atoms in total. The molecular formula is C41H34N4OPt. The number of aryl methyl sites for hydroxylation is 2. The Balaban J connectivity index is 0.00000324. The molecule has 0 fully saturated rings. The van der Waals surface area contributed by atoms with Crippen LogP contribution in [0.2, 0.25) is 0 Å². The summed E-state index contributed by atoms with van der Waals surface area (Å²) in [5, 5.41) is 5.58. The molecule has 1 aliphatic heterocycles. The Morgan fingerprint density at radius 1 is 0.723 bits per heavy atom. The topological polar surface area (TPSA) is 44.3 Å². The standard InChI is InChI=1S/C41H34N4O.Pt/c1-23(2)41(24(3)4)34-13-9-12-32-31-19-17-28(22-37(31)45(38(32)34)40-35(41)14-10-20-42-40)46-27-16-18-29-30-11-7-8-15-36(30)44-26(6)25(5)43-39(44)33(29)21-27;/h7-20,23-24H,1-6H3;/q-2;+2. The van der Waals surface area contributed by atoms with Gasteiger partial charge in [0.25, 0.3) is 0 Å². The minimum Gasteiger partial charge on any atom is -0.503 e. The van der Waals surface area contributed by atoms with Gasteiger partial charge in [-0.05, 0) is 54.2 Å². The third-order valence-corrected chi connectivity index (χ3v) is 10.5. The molecule has 9 rings (SSSR count). The number of fused-ring (bicyclic) bond motifs is 11. The van der Waals surface area contributed by atoms with Crippen molar-refractivity contribution in [2.75, 3.05) is 0 Å². The van der Waals surface area contributed by atoms with E-state index >= 15 is 0 Å². The number of pyridine rings is 2. The van der Waals surface area contributed by atoms with E-state index in [0.717, 1.165) is 50.0 Å². The van der Waals surface area contributed by atoms with E-state index in [4.69, 9.17) is 14.7 Å². The molecule has 0 saturated carbocycles. The van der Waals surface area contributed by atoms with E-state index in [0.29, 0.717) is 23.3 Å². The van der Waals surface area contributed by atoms with Gasteiger partial charge in [0.15, 0.2) is 0 Å². The summed E-state index contributed by atoms with van der Waals surface area (Å²) >= 11 is 0. The first-order valence-corrected chi connectivity index (χ1v) is 16.2. The van der Waals surface area contributed by atoms with E-state index in [1.807, 2.05) is 18.3 Å². The Kier molecular flexibility index (Phi) is 6.69. The minimum absolute atomic E-state index is 0. The van der Waals surface area contributed by atoms with Crippen LogP contribution in [-0.4, -0.2) is 18.9 Å². The summed E-state index contributed by atoms with van der Waals surface area (Å²) in [6.45, 7) is 13.6. The molecule has 234 valence electrons. The molecule has 6 heteroatoms. The van der Waals surface area contributed by atoms with E-state index in [1.165, 1.54) is 27.4 Å². The minimum atomic E-state index is -0.161. The van der Waals surface area contributed by atoms with Crippen LogP contribution in [0.5, 0.6) is 11.5 Å². The van der Waals surface area contributed by atoms with Crippen LogP contribution >= 0.6 is 0 Å². The van der Waals surface area contributed by atoms with Crippen LogP contribution in [0.4, 0.5) is 0 Å². The number of ether oxygens (including phenoxy) is 1. The molecule has 0 bridgehead atoms. The van der Waals surface area contributed by atoms with Crippen molar-refractivity contribution in [1.29, 1.82) is 0 Å². The van der Waals surface area contributed by atoms with Crippen LogP contribution in [0.3, 0.4) is 0 Å². The maximum Gasteiger partial charge on any atom is 2.00 e. The second-order valence-corrected chi connectivity index (χ2v) is 13.3. The van der Waals surface area contributed by atoms with Gasteiger partial charge in [0, 0.05) is 51.1 Å². The number of para-hydroxylation sites is 2. The van der Waals surface area contributed by atoms with Crippen molar-refractivity contribution < 1.29 is 25.8 Å². The van der Waals surface area contributed by atoms with Gasteiger partial charge in [0.05, 0.1) is 5.65 Å². The van der Waals surface area contributed by atoms with Crippen molar-refractivity contribution >= 4 is 49.1 Å². The van der Waals surface area contributed by atoms with Crippen LogP contribution in [-0.2, 0) is 26.5 Å². The van der Waals surface area contributed by atoms with Crippen LogP contribution in [0.15, 0.2) is 85.1 Å². The van der Waals surface area contributed by atoms with E-state index in [1.54, 1.807) is 0 Å². The largest absolute Gasteiger partial charge is 2.00 e. The molecule has 0 unspecified atom stereocenters. The van der Waals surface area contributed by atoms with E-state index in [-0.39, 0.29) is 26.5 Å². The molecule has 1 aliphatic rings. The van der Waals surface area contributed by atoms with Crippen molar-refractivity contribution in [3.63, 3.8) is 0 Å². The van der Waals surface area contributed by atoms with Gasteiger partial charge in [-0.2, -0.15) is 6.07 Å². The second kappa shape index (κ2) is 10.5. The molecule has 47 heavy (non-hydrogen) atoms. The van der Waals surface area contributed by atoms with Gasteiger partial charge in [-0.1, -0.05) is 92.5 Å². The number of nitrogens with zero attached hydrogens (tertiary/aromatic N) is 4. The number of hydrogen-bond donors (Lipinski definition) is 0. The maximum absolute atomic E-state index is 6.56. The Bertz CT molecular complexity index is 2550. The zero-order chi connectivity index (χ0) is 31.5. The summed E-state index contributed by atoms with van der Waals surface area (Å²) in [4.78, 5) is 9.98. The quantitative estimate of drug-likeness (QED) is 0.132. The number of hydrogen-bond acceptors (Lipinski definition) is 3. The SMILES string of the molecule is Cc1nc2c3[c-]c(Oc4[c-]c5c(cc4)c4cccc6c4n5-c4ncccc4C6(C(C)C)C(C)C)ccc3c3ccccc3n2c1C.[Pt+2]. The molecule has 4 aromatic heterocycles.